The van der Waals surface area contributed by atoms with Gasteiger partial charge in [-0.05, 0) is 51.7 Å². The molecule has 0 aromatic heterocycles. The predicted molar refractivity (Wildman–Crippen MR) is 88.4 cm³/mol. The van der Waals surface area contributed by atoms with Crippen molar-refractivity contribution in [3.05, 3.63) is 58.7 Å². The van der Waals surface area contributed by atoms with E-state index < -0.39 is 0 Å². The Hall–Kier alpha value is -2.02. The largest absolute Gasteiger partial charge is 0.232 e. The molecule has 1 nitrogen and oxygen atoms in total. The molecule has 1 atom stereocenters. The van der Waals surface area contributed by atoms with Gasteiger partial charge in [0, 0.05) is 5.92 Å². The maximum absolute atomic E-state index is 4.70. The molecule has 2 heteroatoms. The zero-order valence-electron chi connectivity index (χ0n) is 11.0. The van der Waals surface area contributed by atoms with Crippen molar-refractivity contribution in [2.24, 2.45) is 4.99 Å². The summed E-state index contributed by atoms with van der Waals surface area (Å²) in [4.78, 5) is 4.13. The lowest BCUT2D eigenvalue weighted by Gasteiger charge is -2.23. The Kier molecular flexibility index (Phi) is 2.66. The van der Waals surface area contributed by atoms with Crippen molar-refractivity contribution in [3.8, 4) is 0 Å². The SMILES string of the molecule is S=C=NCC1C=Cc2ccc3c4c(ccc1c24)C=CC3. The first-order valence-electron chi connectivity index (χ1n) is 6.85. The molecule has 2 aromatic rings. The van der Waals surface area contributed by atoms with Crippen LogP contribution in [-0.2, 0) is 6.42 Å². The van der Waals surface area contributed by atoms with Crippen LogP contribution in [-0.4, -0.2) is 11.7 Å². The first-order chi connectivity index (χ1) is 9.88. The minimum atomic E-state index is 0.313. The number of hydrogen-bond acceptors (Lipinski definition) is 2. The third-order valence-corrected chi connectivity index (χ3v) is 4.37. The fraction of sp³-hybridized carbons (Fsp3) is 0.167. The molecule has 4 rings (SSSR count). The van der Waals surface area contributed by atoms with Crippen LogP contribution < -0.4 is 0 Å². The van der Waals surface area contributed by atoms with E-state index in [0.29, 0.717) is 12.5 Å². The third kappa shape index (κ3) is 1.62. The van der Waals surface area contributed by atoms with Gasteiger partial charge in [0.15, 0.2) is 0 Å². The van der Waals surface area contributed by atoms with Crippen LogP contribution >= 0.6 is 12.2 Å². The van der Waals surface area contributed by atoms with E-state index in [4.69, 9.17) is 12.2 Å². The van der Waals surface area contributed by atoms with E-state index in [0.717, 1.165) is 6.42 Å². The van der Waals surface area contributed by atoms with Crippen molar-refractivity contribution >= 4 is 40.3 Å². The minimum absolute atomic E-state index is 0.313. The van der Waals surface area contributed by atoms with E-state index in [-0.39, 0.29) is 0 Å². The van der Waals surface area contributed by atoms with Crippen LogP contribution in [0.1, 0.15) is 28.2 Å². The molecule has 96 valence electrons. The summed E-state index contributed by atoms with van der Waals surface area (Å²) < 4.78 is 0. The molecule has 0 amide bonds. The molecule has 2 aromatic carbocycles. The summed E-state index contributed by atoms with van der Waals surface area (Å²) >= 11 is 4.70. The number of isothiocyanates is 1. The van der Waals surface area contributed by atoms with Crippen molar-refractivity contribution in [1.29, 1.82) is 0 Å². The Morgan fingerprint density at radius 3 is 2.85 bits per heavy atom. The highest BCUT2D eigenvalue weighted by atomic mass is 32.1. The molecule has 0 spiro atoms. The number of nitrogens with zero attached hydrogens (tertiary/aromatic N) is 1. The van der Waals surface area contributed by atoms with Crippen LogP contribution in [0, 0.1) is 0 Å². The number of benzene rings is 2. The van der Waals surface area contributed by atoms with Gasteiger partial charge in [0.05, 0.1) is 11.7 Å². The Labute approximate surface area is 123 Å². The van der Waals surface area contributed by atoms with Gasteiger partial charge >= 0.3 is 0 Å². The molecule has 0 saturated carbocycles. The van der Waals surface area contributed by atoms with E-state index >= 15 is 0 Å². The smallest absolute Gasteiger partial charge is 0.0596 e. The second kappa shape index (κ2) is 4.52. The molecule has 0 bridgehead atoms. The first-order valence-corrected chi connectivity index (χ1v) is 7.26. The zero-order valence-corrected chi connectivity index (χ0v) is 11.8. The summed E-state index contributed by atoms with van der Waals surface area (Å²) in [6, 6.07) is 8.97. The normalized spacial score (nSPS) is 18.1. The van der Waals surface area contributed by atoms with E-state index in [9.17, 15) is 0 Å². The Bertz CT molecular complexity index is 823. The average Bonchev–Trinajstić information content (AvgIpc) is 2.51. The van der Waals surface area contributed by atoms with Crippen molar-refractivity contribution in [2.45, 2.75) is 12.3 Å². The van der Waals surface area contributed by atoms with Gasteiger partial charge in [-0.3, -0.25) is 0 Å². The highest BCUT2D eigenvalue weighted by molar-refractivity contribution is 7.78. The predicted octanol–water partition coefficient (Wildman–Crippen LogP) is 4.62. The number of rotatable bonds is 2. The molecular weight excluding hydrogens is 262 g/mol. The fourth-order valence-electron chi connectivity index (χ4n) is 3.34. The minimum Gasteiger partial charge on any atom is -0.232 e. The highest BCUT2D eigenvalue weighted by Gasteiger charge is 2.20. The van der Waals surface area contributed by atoms with Crippen LogP contribution in [0.25, 0.3) is 22.9 Å². The Morgan fingerprint density at radius 1 is 1.10 bits per heavy atom. The summed E-state index contributed by atoms with van der Waals surface area (Å²) in [5.41, 5.74) is 5.44. The molecule has 1 unspecified atom stereocenters. The lowest BCUT2D eigenvalue weighted by atomic mass is 9.81. The van der Waals surface area contributed by atoms with Gasteiger partial charge in [0.1, 0.15) is 0 Å². The second-order valence-electron chi connectivity index (χ2n) is 5.31. The van der Waals surface area contributed by atoms with E-state index in [1.54, 1.807) is 0 Å². The zero-order chi connectivity index (χ0) is 13.5. The molecule has 2 aliphatic carbocycles. The van der Waals surface area contributed by atoms with Gasteiger partial charge in [-0.15, -0.1) is 0 Å². The van der Waals surface area contributed by atoms with Crippen molar-refractivity contribution in [3.63, 3.8) is 0 Å². The Morgan fingerprint density at radius 2 is 1.95 bits per heavy atom. The molecule has 20 heavy (non-hydrogen) atoms. The van der Waals surface area contributed by atoms with Gasteiger partial charge < -0.3 is 0 Å². The molecule has 2 aliphatic rings. The second-order valence-corrected chi connectivity index (χ2v) is 5.49. The van der Waals surface area contributed by atoms with Crippen LogP contribution in [0.15, 0.2) is 41.4 Å². The number of aliphatic imine (C=N–C) groups is 1. The lowest BCUT2D eigenvalue weighted by molar-refractivity contribution is 0.862. The average molecular weight is 275 g/mol. The van der Waals surface area contributed by atoms with Gasteiger partial charge in [-0.25, -0.2) is 4.99 Å². The van der Waals surface area contributed by atoms with Crippen LogP contribution in [0.4, 0.5) is 0 Å². The quantitative estimate of drug-likeness (QED) is 0.575. The summed E-state index contributed by atoms with van der Waals surface area (Å²) in [5, 5.41) is 5.30. The topological polar surface area (TPSA) is 12.4 Å². The van der Waals surface area contributed by atoms with Crippen LogP contribution in [0.3, 0.4) is 0 Å². The van der Waals surface area contributed by atoms with Gasteiger partial charge in [-0.2, -0.15) is 0 Å². The van der Waals surface area contributed by atoms with Crippen molar-refractivity contribution in [1.82, 2.24) is 0 Å². The maximum atomic E-state index is 4.70. The maximum Gasteiger partial charge on any atom is 0.0596 e. The van der Waals surface area contributed by atoms with Crippen LogP contribution in [0.5, 0.6) is 0 Å². The van der Waals surface area contributed by atoms with Gasteiger partial charge in [0.25, 0.3) is 0 Å². The van der Waals surface area contributed by atoms with E-state index in [1.165, 1.54) is 33.0 Å². The standard InChI is InChI=1S/C18H13NS/c20-11-19-10-15-7-6-14-5-4-12-2-1-3-13-8-9-16(15)18(14)17(12)13/h1,3-9,15H,2,10H2. The van der Waals surface area contributed by atoms with Gasteiger partial charge in [-0.1, -0.05) is 48.6 Å². The summed E-state index contributed by atoms with van der Waals surface area (Å²) in [6.07, 6.45) is 9.95. The molecular formula is C18H13NS. The molecule has 0 radical (unpaired) electrons. The van der Waals surface area contributed by atoms with E-state index in [2.05, 4.69) is 58.7 Å². The Balaban J connectivity index is 2.04. The van der Waals surface area contributed by atoms with E-state index in [1.807, 2.05) is 0 Å². The molecule has 0 N–H and O–H groups in total. The summed E-state index contributed by atoms with van der Waals surface area (Å²) in [7, 11) is 0. The number of thiocarbonyl (C=S) groups is 1. The fourth-order valence-corrected chi connectivity index (χ4v) is 3.41. The van der Waals surface area contributed by atoms with Gasteiger partial charge in [0.2, 0.25) is 0 Å². The lowest BCUT2D eigenvalue weighted by Crippen LogP contribution is -2.07. The van der Waals surface area contributed by atoms with Crippen LogP contribution in [0.2, 0.25) is 0 Å². The molecule has 0 fully saturated rings. The first kappa shape index (κ1) is 11.8. The molecule has 0 aliphatic heterocycles. The molecule has 0 heterocycles. The highest BCUT2D eigenvalue weighted by Crippen LogP contribution is 2.39. The summed E-state index contributed by atoms with van der Waals surface area (Å²) in [6.45, 7) is 0.688. The monoisotopic (exact) mass is 275 g/mol. The third-order valence-electron chi connectivity index (χ3n) is 4.24. The van der Waals surface area contributed by atoms with Crippen molar-refractivity contribution < 1.29 is 0 Å². The number of hydrogen-bond donors (Lipinski definition) is 0. The van der Waals surface area contributed by atoms with Crippen molar-refractivity contribution in [2.75, 3.05) is 6.54 Å². The molecule has 0 saturated heterocycles. The summed E-state index contributed by atoms with van der Waals surface area (Å²) in [5.74, 6) is 0.313. The number of allylic oxidation sites excluding steroid dienone is 1.